The van der Waals surface area contributed by atoms with E-state index in [1.165, 1.54) is 14.5 Å². The first-order valence-electron chi connectivity index (χ1n) is 6.01. The lowest BCUT2D eigenvalue weighted by molar-refractivity contribution is 0.705. The summed E-state index contributed by atoms with van der Waals surface area (Å²) in [5.41, 5.74) is 3.00. The van der Waals surface area contributed by atoms with Gasteiger partial charge in [0.15, 0.2) is 0 Å². The smallest absolute Gasteiger partial charge is 0.0798 e. The number of benzene rings is 1. The van der Waals surface area contributed by atoms with E-state index in [4.69, 9.17) is 11.6 Å². The summed E-state index contributed by atoms with van der Waals surface area (Å²) in [7, 11) is 0. The topological polar surface area (TPSA) is 24.9 Å². The fourth-order valence-corrected chi connectivity index (χ4v) is 4.18. The van der Waals surface area contributed by atoms with E-state index in [1.807, 2.05) is 24.6 Å². The number of aryl methyl sites for hydroxylation is 1. The van der Waals surface area contributed by atoms with Crippen LogP contribution in [-0.2, 0) is 13.1 Å². The van der Waals surface area contributed by atoms with Gasteiger partial charge in [-0.2, -0.15) is 0 Å². The average molecular weight is 309 g/mol. The van der Waals surface area contributed by atoms with Crippen LogP contribution < -0.4 is 5.32 Å². The number of nitrogens with one attached hydrogen (secondary N) is 1. The fourth-order valence-electron chi connectivity index (χ4n) is 1.96. The molecule has 0 bridgehead atoms. The lowest BCUT2D eigenvalue weighted by Gasteiger charge is -2.02. The van der Waals surface area contributed by atoms with Crippen molar-refractivity contribution in [3.05, 3.63) is 50.2 Å². The van der Waals surface area contributed by atoms with Crippen molar-refractivity contribution in [2.24, 2.45) is 0 Å². The van der Waals surface area contributed by atoms with Gasteiger partial charge in [0.25, 0.3) is 0 Å². The van der Waals surface area contributed by atoms with Crippen LogP contribution in [0.5, 0.6) is 0 Å². The van der Waals surface area contributed by atoms with E-state index in [9.17, 15) is 0 Å². The highest BCUT2D eigenvalue weighted by Crippen LogP contribution is 2.35. The van der Waals surface area contributed by atoms with Gasteiger partial charge in [-0.15, -0.1) is 22.7 Å². The van der Waals surface area contributed by atoms with E-state index < -0.39 is 0 Å². The van der Waals surface area contributed by atoms with Crippen LogP contribution in [0.3, 0.4) is 0 Å². The Bertz CT molecular complexity index is 702. The molecule has 2 heterocycles. The first kappa shape index (κ1) is 13.1. The molecular formula is C14H13ClN2S2. The number of halogens is 1. The molecule has 1 aromatic carbocycles. The quantitative estimate of drug-likeness (QED) is 0.761. The number of thiazole rings is 1. The first-order chi connectivity index (χ1) is 9.25. The molecule has 0 aliphatic rings. The maximum absolute atomic E-state index is 6.41. The van der Waals surface area contributed by atoms with Crippen molar-refractivity contribution in [2.45, 2.75) is 20.0 Å². The molecular weight excluding hydrogens is 296 g/mol. The molecule has 2 nitrogen and oxygen atoms in total. The van der Waals surface area contributed by atoms with Gasteiger partial charge >= 0.3 is 0 Å². The highest BCUT2D eigenvalue weighted by Gasteiger charge is 2.09. The van der Waals surface area contributed by atoms with Crippen LogP contribution >= 0.6 is 34.3 Å². The molecule has 0 amide bonds. The fraction of sp³-hybridized carbons (Fsp3) is 0.214. The summed E-state index contributed by atoms with van der Waals surface area (Å²) in [6.07, 6.45) is 0. The van der Waals surface area contributed by atoms with Crippen molar-refractivity contribution in [3.8, 4) is 0 Å². The average Bonchev–Trinajstić information content (AvgIpc) is 2.96. The van der Waals surface area contributed by atoms with E-state index in [-0.39, 0.29) is 0 Å². The van der Waals surface area contributed by atoms with Gasteiger partial charge in [0.05, 0.1) is 16.2 Å². The van der Waals surface area contributed by atoms with E-state index in [0.29, 0.717) is 0 Å². The Hall–Kier alpha value is -0.940. The van der Waals surface area contributed by atoms with Crippen LogP contribution in [-0.4, -0.2) is 4.98 Å². The van der Waals surface area contributed by atoms with Crippen LogP contribution in [0.1, 0.15) is 15.4 Å². The third kappa shape index (κ3) is 2.67. The van der Waals surface area contributed by atoms with Gasteiger partial charge in [0, 0.05) is 32.9 Å². The molecule has 0 saturated heterocycles. The molecule has 0 atom stereocenters. The van der Waals surface area contributed by atoms with Gasteiger partial charge < -0.3 is 5.32 Å². The molecule has 3 rings (SSSR count). The molecule has 0 saturated carbocycles. The Balaban J connectivity index is 1.72. The predicted octanol–water partition coefficient (Wildman–Crippen LogP) is 4.61. The van der Waals surface area contributed by atoms with Gasteiger partial charge in [-0.1, -0.05) is 29.8 Å². The summed E-state index contributed by atoms with van der Waals surface area (Å²) >= 11 is 9.86. The number of rotatable bonds is 4. The largest absolute Gasteiger partial charge is 0.307 e. The zero-order valence-electron chi connectivity index (χ0n) is 10.4. The normalized spacial score (nSPS) is 11.3. The minimum Gasteiger partial charge on any atom is -0.307 e. The molecule has 0 aliphatic heterocycles. The van der Waals surface area contributed by atoms with Crippen LogP contribution in [0.15, 0.2) is 29.8 Å². The monoisotopic (exact) mass is 308 g/mol. The SMILES string of the molecule is Cc1ncsc1CNCc1sc2ccccc2c1Cl. The summed E-state index contributed by atoms with van der Waals surface area (Å²) in [4.78, 5) is 6.74. The summed E-state index contributed by atoms with van der Waals surface area (Å²) in [5.74, 6) is 0. The standard InChI is InChI=1S/C14H13ClN2S2/c1-9-12(18-8-17-9)6-16-7-13-14(15)10-4-2-3-5-11(10)19-13/h2-5,8,16H,6-7H2,1H3. The maximum atomic E-state index is 6.41. The van der Waals surface area contributed by atoms with Crippen molar-refractivity contribution in [2.75, 3.05) is 0 Å². The van der Waals surface area contributed by atoms with Crippen LogP contribution in [0.4, 0.5) is 0 Å². The number of fused-ring (bicyclic) bond motifs is 1. The lowest BCUT2D eigenvalue weighted by atomic mass is 10.2. The van der Waals surface area contributed by atoms with E-state index >= 15 is 0 Å². The number of aromatic nitrogens is 1. The second-order valence-electron chi connectivity index (χ2n) is 4.30. The van der Waals surface area contributed by atoms with Gasteiger partial charge in [-0.3, -0.25) is 0 Å². The summed E-state index contributed by atoms with van der Waals surface area (Å²) in [5, 5.41) is 5.48. The number of hydrogen-bond acceptors (Lipinski definition) is 4. The molecule has 0 fully saturated rings. The molecule has 19 heavy (non-hydrogen) atoms. The second kappa shape index (κ2) is 5.59. The van der Waals surface area contributed by atoms with Crippen molar-refractivity contribution in [3.63, 3.8) is 0 Å². The number of nitrogens with zero attached hydrogens (tertiary/aromatic N) is 1. The number of hydrogen-bond donors (Lipinski definition) is 1. The number of thiophene rings is 1. The van der Waals surface area contributed by atoms with Gasteiger partial charge in [0.1, 0.15) is 0 Å². The summed E-state index contributed by atoms with van der Waals surface area (Å²) in [6.45, 7) is 3.69. The highest BCUT2D eigenvalue weighted by molar-refractivity contribution is 7.19. The second-order valence-corrected chi connectivity index (χ2v) is 6.75. The van der Waals surface area contributed by atoms with Crippen molar-refractivity contribution >= 4 is 44.4 Å². The third-order valence-corrected chi connectivity index (χ3v) is 5.67. The molecule has 1 N–H and O–H groups in total. The molecule has 0 unspecified atom stereocenters. The van der Waals surface area contributed by atoms with E-state index in [1.54, 1.807) is 22.7 Å². The van der Waals surface area contributed by atoms with Gasteiger partial charge in [-0.25, -0.2) is 4.98 Å². The molecule has 3 aromatic rings. The van der Waals surface area contributed by atoms with Crippen LogP contribution in [0.25, 0.3) is 10.1 Å². The summed E-state index contributed by atoms with van der Waals surface area (Å²) < 4.78 is 1.25. The van der Waals surface area contributed by atoms with Crippen molar-refractivity contribution in [1.82, 2.24) is 10.3 Å². The molecule has 0 spiro atoms. The third-order valence-electron chi connectivity index (χ3n) is 3.02. The molecule has 0 radical (unpaired) electrons. The molecule has 0 aliphatic carbocycles. The zero-order valence-corrected chi connectivity index (χ0v) is 12.8. The lowest BCUT2D eigenvalue weighted by Crippen LogP contribution is -2.11. The predicted molar refractivity (Wildman–Crippen MR) is 84.2 cm³/mol. The van der Waals surface area contributed by atoms with E-state index in [2.05, 4.69) is 22.4 Å². The zero-order chi connectivity index (χ0) is 13.2. The molecule has 2 aromatic heterocycles. The van der Waals surface area contributed by atoms with Crippen LogP contribution in [0, 0.1) is 6.92 Å². The van der Waals surface area contributed by atoms with Gasteiger partial charge in [0.2, 0.25) is 0 Å². The Labute approximate surface area is 125 Å². The minimum absolute atomic E-state index is 0.801. The van der Waals surface area contributed by atoms with Crippen molar-refractivity contribution in [1.29, 1.82) is 0 Å². The Morgan fingerprint density at radius 1 is 1.21 bits per heavy atom. The maximum Gasteiger partial charge on any atom is 0.0798 e. The van der Waals surface area contributed by atoms with Crippen molar-refractivity contribution < 1.29 is 0 Å². The Kier molecular flexibility index (Phi) is 3.84. The van der Waals surface area contributed by atoms with Crippen LogP contribution in [0.2, 0.25) is 5.02 Å². The molecule has 98 valence electrons. The Morgan fingerprint density at radius 2 is 2.00 bits per heavy atom. The highest BCUT2D eigenvalue weighted by atomic mass is 35.5. The minimum atomic E-state index is 0.801. The van der Waals surface area contributed by atoms with E-state index in [0.717, 1.165) is 29.2 Å². The summed E-state index contributed by atoms with van der Waals surface area (Å²) in [6, 6.07) is 8.26. The van der Waals surface area contributed by atoms with Gasteiger partial charge in [-0.05, 0) is 13.0 Å². The first-order valence-corrected chi connectivity index (χ1v) is 8.08. The molecule has 5 heteroatoms. The Morgan fingerprint density at radius 3 is 2.74 bits per heavy atom.